The second kappa shape index (κ2) is 7.14. The minimum atomic E-state index is -0.182. The van der Waals surface area contributed by atoms with Gasteiger partial charge < -0.3 is 10.3 Å². The third kappa shape index (κ3) is 3.65. The van der Waals surface area contributed by atoms with Crippen molar-refractivity contribution in [2.24, 2.45) is 0 Å². The molecule has 0 saturated carbocycles. The molecule has 2 N–H and O–H groups in total. The largest absolute Gasteiger partial charge is 0.301 e. The number of aromatic amines is 1. The normalized spacial score (nSPS) is 10.9. The SMILES string of the molecule is CCc1c(C)nc(SCC(=O)Nc2nc3ccccc3s2)[nH]c1=O. The van der Waals surface area contributed by atoms with E-state index in [9.17, 15) is 9.59 Å². The van der Waals surface area contributed by atoms with Crippen LogP contribution in [0.4, 0.5) is 5.13 Å². The number of benzene rings is 1. The van der Waals surface area contributed by atoms with Gasteiger partial charge in [0.15, 0.2) is 10.3 Å². The molecule has 0 bridgehead atoms. The molecule has 0 aliphatic carbocycles. The number of anilines is 1. The van der Waals surface area contributed by atoms with Gasteiger partial charge in [-0.2, -0.15) is 0 Å². The number of aromatic nitrogens is 3. The second-order valence-electron chi connectivity index (χ2n) is 5.11. The molecule has 0 radical (unpaired) electrons. The number of nitrogens with one attached hydrogen (secondary N) is 2. The number of carbonyl (C=O) groups excluding carboxylic acids is 1. The van der Waals surface area contributed by atoms with Crippen molar-refractivity contribution < 1.29 is 4.79 Å². The summed E-state index contributed by atoms with van der Waals surface area (Å²) in [6.07, 6.45) is 0.636. The van der Waals surface area contributed by atoms with Crippen LogP contribution in [-0.4, -0.2) is 26.6 Å². The van der Waals surface area contributed by atoms with Crippen molar-refractivity contribution >= 4 is 44.4 Å². The third-order valence-electron chi connectivity index (χ3n) is 3.43. The second-order valence-corrected chi connectivity index (χ2v) is 7.11. The summed E-state index contributed by atoms with van der Waals surface area (Å²) in [6, 6.07) is 7.72. The molecule has 2 aromatic heterocycles. The number of para-hydroxylation sites is 1. The van der Waals surface area contributed by atoms with Crippen LogP contribution in [0.5, 0.6) is 0 Å². The van der Waals surface area contributed by atoms with E-state index in [-0.39, 0.29) is 17.2 Å². The van der Waals surface area contributed by atoms with E-state index in [2.05, 4.69) is 20.3 Å². The molecule has 2 heterocycles. The summed E-state index contributed by atoms with van der Waals surface area (Å²) in [6.45, 7) is 3.72. The van der Waals surface area contributed by atoms with Gasteiger partial charge in [0, 0.05) is 11.3 Å². The summed E-state index contributed by atoms with van der Waals surface area (Å²) in [5.74, 6) is -0.0250. The summed E-state index contributed by atoms with van der Waals surface area (Å²) in [7, 11) is 0. The van der Waals surface area contributed by atoms with Crippen molar-refractivity contribution in [2.45, 2.75) is 25.4 Å². The molecule has 0 atom stereocenters. The summed E-state index contributed by atoms with van der Waals surface area (Å²) < 4.78 is 1.03. The molecule has 3 rings (SSSR count). The number of rotatable bonds is 5. The lowest BCUT2D eigenvalue weighted by Crippen LogP contribution is -2.18. The van der Waals surface area contributed by atoms with Crippen molar-refractivity contribution in [3.8, 4) is 0 Å². The predicted octanol–water partition coefficient (Wildman–Crippen LogP) is 2.98. The first-order chi connectivity index (χ1) is 11.6. The van der Waals surface area contributed by atoms with Crippen LogP contribution in [0.1, 0.15) is 18.2 Å². The van der Waals surface area contributed by atoms with Gasteiger partial charge in [-0.05, 0) is 25.5 Å². The molecule has 3 aromatic rings. The number of hydrogen-bond donors (Lipinski definition) is 2. The first-order valence-electron chi connectivity index (χ1n) is 7.45. The zero-order chi connectivity index (χ0) is 17.1. The molecule has 124 valence electrons. The first kappa shape index (κ1) is 16.7. The topological polar surface area (TPSA) is 87.7 Å². The Labute approximate surface area is 146 Å². The van der Waals surface area contributed by atoms with Crippen LogP contribution in [-0.2, 0) is 11.2 Å². The molecule has 1 amide bonds. The number of nitrogens with zero attached hydrogens (tertiary/aromatic N) is 2. The van der Waals surface area contributed by atoms with Gasteiger partial charge in [0.1, 0.15) is 0 Å². The molecule has 0 saturated heterocycles. The van der Waals surface area contributed by atoms with Gasteiger partial charge in [0.25, 0.3) is 5.56 Å². The number of aryl methyl sites for hydroxylation is 1. The van der Waals surface area contributed by atoms with Gasteiger partial charge in [-0.25, -0.2) is 9.97 Å². The Hall–Kier alpha value is -2.19. The first-order valence-corrected chi connectivity index (χ1v) is 9.25. The Bertz CT molecular complexity index is 916. The summed E-state index contributed by atoms with van der Waals surface area (Å²) in [5.41, 5.74) is 2.11. The van der Waals surface area contributed by atoms with Crippen LogP contribution in [0, 0.1) is 6.92 Å². The van der Waals surface area contributed by atoms with Crippen LogP contribution in [0.2, 0.25) is 0 Å². The average Bonchev–Trinajstić information content (AvgIpc) is 2.95. The third-order valence-corrected chi connectivity index (χ3v) is 5.26. The highest BCUT2D eigenvalue weighted by molar-refractivity contribution is 7.99. The van der Waals surface area contributed by atoms with Gasteiger partial charge in [-0.15, -0.1) is 0 Å². The average molecular weight is 360 g/mol. The van der Waals surface area contributed by atoms with Gasteiger partial charge in [0.2, 0.25) is 5.91 Å². The lowest BCUT2D eigenvalue weighted by Gasteiger charge is -2.05. The fourth-order valence-corrected chi connectivity index (χ4v) is 3.87. The molecule has 8 heteroatoms. The Morgan fingerprint density at radius 2 is 2.12 bits per heavy atom. The highest BCUT2D eigenvalue weighted by Crippen LogP contribution is 2.25. The number of amides is 1. The number of hydrogen-bond acceptors (Lipinski definition) is 6. The van der Waals surface area contributed by atoms with Crippen molar-refractivity contribution in [3.63, 3.8) is 0 Å². The zero-order valence-electron chi connectivity index (χ0n) is 13.3. The molecule has 0 unspecified atom stereocenters. The van der Waals surface area contributed by atoms with Crippen LogP contribution in [0.3, 0.4) is 0 Å². The molecule has 0 aliphatic heterocycles. The lowest BCUT2D eigenvalue weighted by molar-refractivity contribution is -0.113. The summed E-state index contributed by atoms with van der Waals surface area (Å²) >= 11 is 2.63. The number of thioether (sulfide) groups is 1. The Morgan fingerprint density at radius 3 is 2.83 bits per heavy atom. The van der Waals surface area contributed by atoms with Crippen molar-refractivity contribution in [2.75, 3.05) is 11.1 Å². The van der Waals surface area contributed by atoms with E-state index in [4.69, 9.17) is 0 Å². The van der Waals surface area contributed by atoms with Gasteiger partial charge >= 0.3 is 0 Å². The van der Waals surface area contributed by atoms with Crippen molar-refractivity contribution in [3.05, 3.63) is 45.9 Å². The molecular formula is C16H16N4O2S2. The van der Waals surface area contributed by atoms with E-state index < -0.39 is 0 Å². The molecule has 6 nitrogen and oxygen atoms in total. The number of thiazole rings is 1. The van der Waals surface area contributed by atoms with Crippen molar-refractivity contribution in [1.82, 2.24) is 15.0 Å². The fraction of sp³-hybridized carbons (Fsp3) is 0.250. The summed E-state index contributed by atoms with van der Waals surface area (Å²) in [5, 5.41) is 3.80. The van der Waals surface area contributed by atoms with Crippen LogP contribution < -0.4 is 10.9 Å². The maximum Gasteiger partial charge on any atom is 0.254 e. The Kier molecular flexibility index (Phi) is 4.96. The van der Waals surface area contributed by atoms with Crippen molar-refractivity contribution in [1.29, 1.82) is 0 Å². The maximum atomic E-state index is 12.1. The highest BCUT2D eigenvalue weighted by Gasteiger charge is 2.11. The zero-order valence-corrected chi connectivity index (χ0v) is 14.9. The van der Waals surface area contributed by atoms with E-state index in [1.807, 2.05) is 31.2 Å². The molecule has 24 heavy (non-hydrogen) atoms. The monoisotopic (exact) mass is 360 g/mol. The lowest BCUT2D eigenvalue weighted by atomic mass is 10.2. The summed E-state index contributed by atoms with van der Waals surface area (Å²) in [4.78, 5) is 35.4. The van der Waals surface area contributed by atoms with Gasteiger partial charge in [0.05, 0.1) is 16.0 Å². The van der Waals surface area contributed by atoms with Gasteiger partial charge in [-0.3, -0.25) is 9.59 Å². The highest BCUT2D eigenvalue weighted by atomic mass is 32.2. The molecular weight excluding hydrogens is 344 g/mol. The minimum Gasteiger partial charge on any atom is -0.301 e. The predicted molar refractivity (Wildman–Crippen MR) is 97.9 cm³/mol. The number of carbonyl (C=O) groups is 1. The minimum absolute atomic E-state index is 0.140. The quantitative estimate of drug-likeness (QED) is 0.539. The fourth-order valence-electron chi connectivity index (χ4n) is 2.28. The van der Waals surface area contributed by atoms with E-state index in [1.165, 1.54) is 23.1 Å². The molecule has 0 fully saturated rings. The van der Waals surface area contributed by atoms with E-state index in [1.54, 1.807) is 6.92 Å². The van der Waals surface area contributed by atoms with Crippen LogP contribution >= 0.6 is 23.1 Å². The maximum absolute atomic E-state index is 12.1. The number of fused-ring (bicyclic) bond motifs is 1. The van der Waals surface area contributed by atoms with E-state index in [0.29, 0.717) is 28.0 Å². The van der Waals surface area contributed by atoms with Gasteiger partial charge in [-0.1, -0.05) is 42.2 Å². The molecule has 0 aliphatic rings. The standard InChI is InChI=1S/C16H16N4O2S2/c1-3-10-9(2)17-15(20-14(10)22)23-8-13(21)19-16-18-11-6-4-5-7-12(11)24-16/h4-7H,3,8H2,1-2H3,(H,17,20,22)(H,18,19,21). The van der Waals surface area contributed by atoms with Crippen LogP contribution in [0.25, 0.3) is 10.2 Å². The Balaban J connectivity index is 1.64. The van der Waals surface area contributed by atoms with E-state index >= 15 is 0 Å². The smallest absolute Gasteiger partial charge is 0.254 e. The number of H-pyrrole nitrogens is 1. The Morgan fingerprint density at radius 1 is 1.33 bits per heavy atom. The van der Waals surface area contributed by atoms with E-state index in [0.717, 1.165) is 10.2 Å². The molecule has 1 aromatic carbocycles. The van der Waals surface area contributed by atoms with Crippen LogP contribution in [0.15, 0.2) is 34.2 Å². The molecule has 0 spiro atoms.